The van der Waals surface area contributed by atoms with E-state index in [1.54, 1.807) is 0 Å². The number of halogens is 3. The maximum absolute atomic E-state index is 6.30. The molecule has 0 aromatic heterocycles. The summed E-state index contributed by atoms with van der Waals surface area (Å²) in [6, 6.07) is 14.5. The van der Waals surface area contributed by atoms with Crippen molar-refractivity contribution in [3.63, 3.8) is 0 Å². The average molecular weight is 474 g/mol. The molecule has 2 bridgehead atoms. The normalized spacial score (nSPS) is 22.0. The summed E-state index contributed by atoms with van der Waals surface area (Å²) in [5.41, 5.74) is 2.11. The first kappa shape index (κ1) is 25.1. The van der Waals surface area contributed by atoms with Gasteiger partial charge in [0.15, 0.2) is 11.5 Å². The molecule has 3 aliphatic heterocycles. The maximum Gasteiger partial charge on any atom is 0.166 e. The summed E-state index contributed by atoms with van der Waals surface area (Å²) >= 11 is 6.30. The second kappa shape index (κ2) is 12.0. The summed E-state index contributed by atoms with van der Waals surface area (Å²) in [5, 5.41) is 4.51. The van der Waals surface area contributed by atoms with Crippen molar-refractivity contribution < 1.29 is 9.47 Å². The van der Waals surface area contributed by atoms with E-state index in [0.29, 0.717) is 19.3 Å². The molecule has 0 radical (unpaired) electrons. The van der Waals surface area contributed by atoms with E-state index in [9.17, 15) is 0 Å². The van der Waals surface area contributed by atoms with Gasteiger partial charge in [0.1, 0.15) is 6.61 Å². The Morgan fingerprint density at radius 2 is 1.73 bits per heavy atom. The zero-order valence-corrected chi connectivity index (χ0v) is 19.7. The number of fused-ring (bicyclic) bond motifs is 3. The molecule has 3 fully saturated rings. The number of hydrogen-bond acceptors (Lipinski definition) is 4. The summed E-state index contributed by atoms with van der Waals surface area (Å²) in [7, 11) is 0. The second-order valence-electron chi connectivity index (χ2n) is 7.68. The molecule has 3 heterocycles. The number of rotatable bonds is 8. The average Bonchev–Trinajstić information content (AvgIpc) is 2.73. The lowest BCUT2D eigenvalue weighted by Gasteiger charge is -2.45. The van der Waals surface area contributed by atoms with Crippen molar-refractivity contribution in [3.8, 4) is 11.5 Å². The van der Waals surface area contributed by atoms with Gasteiger partial charge in [0.2, 0.25) is 0 Å². The lowest BCUT2D eigenvalue weighted by molar-refractivity contribution is 0.0718. The van der Waals surface area contributed by atoms with Gasteiger partial charge in [-0.15, -0.1) is 24.8 Å². The number of para-hydroxylation sites is 1. The third-order valence-corrected chi connectivity index (χ3v) is 6.27. The number of piperidine rings is 3. The van der Waals surface area contributed by atoms with Crippen LogP contribution in [-0.4, -0.2) is 37.2 Å². The number of benzene rings is 2. The van der Waals surface area contributed by atoms with Crippen LogP contribution in [0.15, 0.2) is 42.5 Å². The van der Waals surface area contributed by atoms with Gasteiger partial charge in [-0.05, 0) is 50.9 Å². The SMILES string of the molecule is CCOc1cccc(CNC2CN3CCC2CC3)c1OCc1ccccc1Cl.Cl.Cl. The van der Waals surface area contributed by atoms with Gasteiger partial charge in [-0.2, -0.15) is 0 Å². The zero-order chi connectivity index (χ0) is 19.3. The van der Waals surface area contributed by atoms with Crippen molar-refractivity contribution in [1.29, 1.82) is 0 Å². The predicted molar refractivity (Wildman–Crippen MR) is 128 cm³/mol. The lowest BCUT2D eigenvalue weighted by Crippen LogP contribution is -2.55. The molecule has 3 aliphatic rings. The fraction of sp³-hybridized carbons (Fsp3) is 0.478. The van der Waals surface area contributed by atoms with E-state index in [0.717, 1.165) is 46.7 Å². The van der Waals surface area contributed by atoms with Gasteiger partial charge in [0.25, 0.3) is 0 Å². The summed E-state index contributed by atoms with van der Waals surface area (Å²) in [5.74, 6) is 2.41. The van der Waals surface area contributed by atoms with Crippen LogP contribution in [0.3, 0.4) is 0 Å². The Morgan fingerprint density at radius 1 is 1.00 bits per heavy atom. The first-order chi connectivity index (χ1) is 13.7. The third-order valence-electron chi connectivity index (χ3n) is 5.90. The Bertz CT molecular complexity index is 798. The smallest absolute Gasteiger partial charge is 0.166 e. The number of nitrogens with one attached hydrogen (secondary N) is 1. The lowest BCUT2D eigenvalue weighted by atomic mass is 9.84. The van der Waals surface area contributed by atoms with Crippen LogP contribution in [0.4, 0.5) is 0 Å². The molecule has 2 aromatic carbocycles. The molecule has 0 saturated carbocycles. The van der Waals surface area contributed by atoms with Crippen molar-refractivity contribution >= 4 is 36.4 Å². The minimum absolute atomic E-state index is 0. The number of ether oxygens (including phenoxy) is 2. The Balaban J connectivity index is 0.00000160. The molecule has 4 nitrogen and oxygen atoms in total. The van der Waals surface area contributed by atoms with E-state index in [1.165, 1.54) is 25.9 Å². The van der Waals surface area contributed by atoms with Crippen molar-refractivity contribution in [3.05, 3.63) is 58.6 Å². The van der Waals surface area contributed by atoms with Crippen LogP contribution >= 0.6 is 36.4 Å². The van der Waals surface area contributed by atoms with Crippen LogP contribution in [0.25, 0.3) is 0 Å². The Labute approximate surface area is 197 Å². The van der Waals surface area contributed by atoms with Crippen molar-refractivity contribution in [2.24, 2.45) is 5.92 Å². The minimum Gasteiger partial charge on any atom is -0.490 e. The molecule has 1 N–H and O–H groups in total. The highest BCUT2D eigenvalue weighted by Gasteiger charge is 2.33. The quantitative estimate of drug-likeness (QED) is 0.561. The van der Waals surface area contributed by atoms with Crippen molar-refractivity contribution in [2.75, 3.05) is 26.2 Å². The molecular formula is C23H31Cl3N2O2. The fourth-order valence-corrected chi connectivity index (χ4v) is 4.53. The fourth-order valence-electron chi connectivity index (χ4n) is 4.34. The summed E-state index contributed by atoms with van der Waals surface area (Å²) in [6.45, 7) is 7.49. The third kappa shape index (κ3) is 5.95. The van der Waals surface area contributed by atoms with Crippen LogP contribution < -0.4 is 14.8 Å². The first-order valence-corrected chi connectivity index (χ1v) is 10.7. The zero-order valence-electron chi connectivity index (χ0n) is 17.3. The highest BCUT2D eigenvalue weighted by molar-refractivity contribution is 6.31. The van der Waals surface area contributed by atoms with Crippen LogP contribution in [-0.2, 0) is 13.2 Å². The Hall–Kier alpha value is -1.17. The summed E-state index contributed by atoms with van der Waals surface area (Å²) < 4.78 is 12.1. The van der Waals surface area contributed by atoms with Gasteiger partial charge in [0.05, 0.1) is 6.61 Å². The standard InChI is InChI=1S/C23H29ClN2O2.2ClH/c1-2-27-22-9-5-7-18(14-25-21-15-26-12-10-17(21)11-13-26)23(22)28-16-19-6-3-4-8-20(19)24;;/h3-9,17,21,25H,2,10-16H2,1H3;2*1H. The van der Waals surface area contributed by atoms with Gasteiger partial charge >= 0.3 is 0 Å². The Kier molecular flexibility index (Phi) is 10.1. The van der Waals surface area contributed by atoms with Crippen LogP contribution in [0.5, 0.6) is 11.5 Å². The summed E-state index contributed by atoms with van der Waals surface area (Å²) in [6.07, 6.45) is 2.62. The molecule has 7 heteroatoms. The van der Waals surface area contributed by atoms with E-state index < -0.39 is 0 Å². The molecule has 0 spiro atoms. The van der Waals surface area contributed by atoms with E-state index in [2.05, 4.69) is 16.3 Å². The minimum atomic E-state index is 0. The monoisotopic (exact) mass is 472 g/mol. The predicted octanol–water partition coefficient (Wildman–Crippen LogP) is 5.35. The Morgan fingerprint density at radius 3 is 2.40 bits per heavy atom. The molecule has 0 aliphatic carbocycles. The van der Waals surface area contributed by atoms with Gasteiger partial charge in [0, 0.05) is 35.3 Å². The van der Waals surface area contributed by atoms with E-state index in [4.69, 9.17) is 21.1 Å². The topological polar surface area (TPSA) is 33.7 Å². The molecule has 30 heavy (non-hydrogen) atoms. The summed E-state index contributed by atoms with van der Waals surface area (Å²) in [4.78, 5) is 2.57. The molecule has 166 valence electrons. The molecular weight excluding hydrogens is 443 g/mol. The van der Waals surface area contributed by atoms with Crippen molar-refractivity contribution in [1.82, 2.24) is 10.2 Å². The van der Waals surface area contributed by atoms with E-state index >= 15 is 0 Å². The highest BCUT2D eigenvalue weighted by Crippen LogP contribution is 2.34. The number of nitrogens with zero attached hydrogens (tertiary/aromatic N) is 1. The molecule has 1 atom stereocenters. The first-order valence-electron chi connectivity index (χ1n) is 10.3. The van der Waals surface area contributed by atoms with Gasteiger partial charge < -0.3 is 19.7 Å². The van der Waals surface area contributed by atoms with E-state index in [1.807, 2.05) is 43.3 Å². The second-order valence-corrected chi connectivity index (χ2v) is 8.09. The van der Waals surface area contributed by atoms with Gasteiger partial charge in [-0.3, -0.25) is 0 Å². The molecule has 5 rings (SSSR count). The molecule has 2 aromatic rings. The van der Waals surface area contributed by atoms with Crippen molar-refractivity contribution in [2.45, 2.75) is 39.0 Å². The molecule has 3 saturated heterocycles. The number of hydrogen-bond donors (Lipinski definition) is 1. The van der Waals surface area contributed by atoms with Gasteiger partial charge in [-0.1, -0.05) is 41.9 Å². The highest BCUT2D eigenvalue weighted by atomic mass is 35.5. The largest absolute Gasteiger partial charge is 0.490 e. The maximum atomic E-state index is 6.30. The van der Waals surface area contributed by atoms with E-state index in [-0.39, 0.29) is 24.8 Å². The molecule has 1 unspecified atom stereocenters. The van der Waals surface area contributed by atoms with Crippen LogP contribution in [0.1, 0.15) is 30.9 Å². The van der Waals surface area contributed by atoms with Gasteiger partial charge in [-0.25, -0.2) is 0 Å². The van der Waals surface area contributed by atoms with Crippen LogP contribution in [0, 0.1) is 5.92 Å². The van der Waals surface area contributed by atoms with Crippen LogP contribution in [0.2, 0.25) is 5.02 Å². The molecule has 0 amide bonds.